The van der Waals surface area contributed by atoms with Crippen molar-refractivity contribution in [1.29, 1.82) is 0 Å². The predicted octanol–water partition coefficient (Wildman–Crippen LogP) is 3.67. The summed E-state index contributed by atoms with van der Waals surface area (Å²) < 4.78 is 25.3. The highest BCUT2D eigenvalue weighted by atomic mass is 32.2. The minimum Gasteiger partial charge on any atom is -0.384 e. The number of anilines is 1. The molecular formula is C21H27N3O3S. The fourth-order valence-electron chi connectivity index (χ4n) is 3.57. The third-order valence-electron chi connectivity index (χ3n) is 5.12. The fraction of sp³-hybridized carbons (Fsp3) is 0.476. The van der Waals surface area contributed by atoms with Gasteiger partial charge in [0.2, 0.25) is 9.84 Å². The highest BCUT2D eigenvalue weighted by molar-refractivity contribution is 7.92. The van der Waals surface area contributed by atoms with Crippen LogP contribution in [0.15, 0.2) is 35.4 Å². The molecule has 0 aromatic carbocycles. The molecule has 0 saturated heterocycles. The Balaban J connectivity index is 1.96. The molecular weight excluding hydrogens is 374 g/mol. The molecule has 3 rings (SSSR count). The van der Waals surface area contributed by atoms with Crippen molar-refractivity contribution in [2.75, 3.05) is 11.5 Å². The summed E-state index contributed by atoms with van der Waals surface area (Å²) in [6, 6.07) is 7.96. The molecule has 0 aliphatic heterocycles. The summed E-state index contributed by atoms with van der Waals surface area (Å²) in [5.74, 6) is -0.774. The van der Waals surface area contributed by atoms with Crippen LogP contribution in [0.2, 0.25) is 0 Å². The SMILES string of the molecule is CC(C)(C)c1ccc(C(=O)CS(=O)(=O)c2cccc(N)n2)c(C2CCCC2)n1. The van der Waals surface area contributed by atoms with Gasteiger partial charge < -0.3 is 5.73 Å². The molecule has 0 unspecified atom stereocenters. The summed E-state index contributed by atoms with van der Waals surface area (Å²) in [5, 5.41) is -0.178. The second-order valence-corrected chi connectivity index (χ2v) is 10.4. The zero-order valence-electron chi connectivity index (χ0n) is 16.6. The monoisotopic (exact) mass is 401 g/mol. The van der Waals surface area contributed by atoms with Gasteiger partial charge in [-0.05, 0) is 37.1 Å². The average Bonchev–Trinajstić information content (AvgIpc) is 3.14. The van der Waals surface area contributed by atoms with Crippen molar-refractivity contribution >= 4 is 21.4 Å². The maximum absolute atomic E-state index is 13.0. The normalized spacial score (nSPS) is 15.7. The van der Waals surface area contributed by atoms with Gasteiger partial charge in [-0.1, -0.05) is 39.7 Å². The minimum absolute atomic E-state index is 0.108. The topological polar surface area (TPSA) is 103 Å². The Bertz CT molecular complexity index is 988. The molecule has 2 aromatic heterocycles. The van der Waals surface area contributed by atoms with Gasteiger partial charge in [-0.25, -0.2) is 13.4 Å². The number of rotatable bonds is 5. The number of nitrogen functional groups attached to an aromatic ring is 1. The third-order valence-corrected chi connectivity index (χ3v) is 6.63. The van der Waals surface area contributed by atoms with E-state index in [4.69, 9.17) is 10.7 Å². The third kappa shape index (κ3) is 4.41. The number of hydrogen-bond donors (Lipinski definition) is 1. The van der Waals surface area contributed by atoms with Gasteiger partial charge in [0.15, 0.2) is 10.8 Å². The average molecular weight is 402 g/mol. The molecule has 0 bridgehead atoms. The van der Waals surface area contributed by atoms with Crippen LogP contribution in [0.1, 0.15) is 74.1 Å². The number of hydrogen-bond acceptors (Lipinski definition) is 6. The molecule has 1 saturated carbocycles. The highest BCUT2D eigenvalue weighted by Crippen LogP contribution is 2.36. The van der Waals surface area contributed by atoms with E-state index in [0.717, 1.165) is 37.1 Å². The Hall–Kier alpha value is -2.28. The van der Waals surface area contributed by atoms with Gasteiger partial charge >= 0.3 is 0 Å². The number of carbonyl (C=O) groups is 1. The van der Waals surface area contributed by atoms with E-state index in [1.807, 2.05) is 6.07 Å². The molecule has 2 aromatic rings. The molecule has 150 valence electrons. The molecule has 7 heteroatoms. The number of sulfone groups is 1. The van der Waals surface area contributed by atoms with Crippen LogP contribution in [0, 0.1) is 0 Å². The molecule has 2 heterocycles. The summed E-state index contributed by atoms with van der Waals surface area (Å²) in [6.45, 7) is 6.22. The van der Waals surface area contributed by atoms with Crippen molar-refractivity contribution in [1.82, 2.24) is 9.97 Å². The molecule has 0 radical (unpaired) electrons. The number of aromatic nitrogens is 2. The lowest BCUT2D eigenvalue weighted by Gasteiger charge is -2.22. The first kappa shape index (κ1) is 20.5. The molecule has 2 N–H and O–H groups in total. The summed E-state index contributed by atoms with van der Waals surface area (Å²) in [7, 11) is -3.88. The van der Waals surface area contributed by atoms with E-state index in [9.17, 15) is 13.2 Å². The van der Waals surface area contributed by atoms with E-state index >= 15 is 0 Å². The van der Waals surface area contributed by atoms with Gasteiger partial charge in [0.25, 0.3) is 0 Å². The highest BCUT2D eigenvalue weighted by Gasteiger charge is 2.29. The number of Topliss-reactive ketones (excluding diaryl/α,β-unsaturated/α-hetero) is 1. The van der Waals surface area contributed by atoms with Crippen molar-refractivity contribution in [3.8, 4) is 0 Å². The van der Waals surface area contributed by atoms with Crippen molar-refractivity contribution < 1.29 is 13.2 Å². The quantitative estimate of drug-likeness (QED) is 0.767. The van der Waals surface area contributed by atoms with Gasteiger partial charge in [-0.15, -0.1) is 0 Å². The van der Waals surface area contributed by atoms with E-state index in [2.05, 4.69) is 25.8 Å². The lowest BCUT2D eigenvalue weighted by molar-refractivity contribution is 0.101. The Labute approximate surface area is 166 Å². The number of ketones is 1. The second kappa shape index (κ2) is 7.62. The summed E-state index contributed by atoms with van der Waals surface area (Å²) in [5.41, 5.74) is 7.50. The first-order valence-corrected chi connectivity index (χ1v) is 11.2. The molecule has 0 atom stereocenters. The molecule has 0 spiro atoms. The summed E-state index contributed by atoms with van der Waals surface area (Å²) in [4.78, 5) is 21.7. The number of nitrogens with zero attached hydrogens (tertiary/aromatic N) is 2. The van der Waals surface area contributed by atoms with Crippen molar-refractivity contribution in [3.05, 3.63) is 47.3 Å². The molecule has 1 aliphatic carbocycles. The standard InChI is InChI=1S/C21H27N3O3S/c1-21(2,3)17-12-11-15(20(23-17)14-7-4-5-8-14)16(25)13-28(26,27)19-10-6-9-18(22)24-19/h6,9-12,14H,4-5,7-8,13H2,1-3H3,(H2,22,24). The van der Waals surface area contributed by atoms with E-state index in [1.54, 1.807) is 6.07 Å². The maximum atomic E-state index is 13.0. The van der Waals surface area contributed by atoms with Crippen LogP contribution in [0.4, 0.5) is 5.82 Å². The first-order valence-electron chi connectivity index (χ1n) is 9.58. The summed E-state index contributed by atoms with van der Waals surface area (Å²) in [6.07, 6.45) is 4.16. The number of carbonyl (C=O) groups excluding carboxylic acids is 1. The zero-order chi connectivity index (χ0) is 20.5. The van der Waals surface area contributed by atoms with Crippen LogP contribution < -0.4 is 5.73 Å². The van der Waals surface area contributed by atoms with E-state index in [-0.39, 0.29) is 22.2 Å². The molecule has 6 nitrogen and oxygen atoms in total. The number of pyridine rings is 2. The van der Waals surface area contributed by atoms with Crippen LogP contribution in [0.3, 0.4) is 0 Å². The van der Waals surface area contributed by atoms with Gasteiger partial charge in [-0.2, -0.15) is 0 Å². The van der Waals surface area contributed by atoms with Crippen LogP contribution >= 0.6 is 0 Å². The fourth-order valence-corrected chi connectivity index (χ4v) is 4.75. The maximum Gasteiger partial charge on any atom is 0.203 e. The Kier molecular flexibility index (Phi) is 5.57. The van der Waals surface area contributed by atoms with Crippen LogP contribution in [0.5, 0.6) is 0 Å². The van der Waals surface area contributed by atoms with E-state index in [1.165, 1.54) is 18.2 Å². The Morgan fingerprint density at radius 3 is 2.39 bits per heavy atom. The van der Waals surface area contributed by atoms with Crippen molar-refractivity contribution in [2.24, 2.45) is 0 Å². The van der Waals surface area contributed by atoms with Gasteiger partial charge in [0.05, 0.1) is 5.69 Å². The lowest BCUT2D eigenvalue weighted by Crippen LogP contribution is -2.22. The largest absolute Gasteiger partial charge is 0.384 e. The van der Waals surface area contributed by atoms with Gasteiger partial charge in [-0.3, -0.25) is 9.78 Å². The van der Waals surface area contributed by atoms with Crippen LogP contribution in [-0.4, -0.2) is 29.9 Å². The lowest BCUT2D eigenvalue weighted by atomic mass is 9.89. The van der Waals surface area contributed by atoms with E-state index in [0.29, 0.717) is 5.56 Å². The van der Waals surface area contributed by atoms with Crippen molar-refractivity contribution in [2.45, 2.75) is 62.8 Å². The second-order valence-electron chi connectivity index (χ2n) is 8.44. The van der Waals surface area contributed by atoms with Gasteiger partial charge in [0.1, 0.15) is 11.6 Å². The van der Waals surface area contributed by atoms with Crippen LogP contribution in [0.25, 0.3) is 0 Å². The van der Waals surface area contributed by atoms with Gasteiger partial charge in [0, 0.05) is 22.6 Å². The molecule has 1 aliphatic rings. The van der Waals surface area contributed by atoms with Crippen molar-refractivity contribution in [3.63, 3.8) is 0 Å². The molecule has 28 heavy (non-hydrogen) atoms. The first-order chi connectivity index (χ1) is 13.1. The Morgan fingerprint density at radius 2 is 1.79 bits per heavy atom. The van der Waals surface area contributed by atoms with Crippen LogP contribution in [-0.2, 0) is 15.3 Å². The smallest absolute Gasteiger partial charge is 0.203 e. The zero-order valence-corrected chi connectivity index (χ0v) is 17.4. The number of nitrogens with two attached hydrogens (primary N) is 1. The Morgan fingerprint density at radius 1 is 1.11 bits per heavy atom. The predicted molar refractivity (Wildman–Crippen MR) is 109 cm³/mol. The van der Waals surface area contributed by atoms with E-state index < -0.39 is 21.4 Å². The molecule has 0 amide bonds. The summed E-state index contributed by atoms with van der Waals surface area (Å²) >= 11 is 0. The minimum atomic E-state index is -3.88. The molecule has 1 fully saturated rings.